The van der Waals surface area contributed by atoms with Crippen LogP contribution in [0.5, 0.6) is 11.5 Å². The highest BCUT2D eigenvalue weighted by molar-refractivity contribution is 9.11. The molecular formula is C27H19Br3N2O2. The predicted octanol–water partition coefficient (Wildman–Crippen LogP) is 8.38. The van der Waals surface area contributed by atoms with Gasteiger partial charge in [0, 0.05) is 22.0 Å². The molecule has 0 bridgehead atoms. The molecule has 170 valence electrons. The van der Waals surface area contributed by atoms with Crippen molar-refractivity contribution in [2.24, 2.45) is 5.10 Å². The Morgan fingerprint density at radius 3 is 2.53 bits per heavy atom. The maximum absolute atomic E-state index is 6.59. The average molecular weight is 643 g/mol. The van der Waals surface area contributed by atoms with Crippen LogP contribution in [-0.4, -0.2) is 17.8 Å². The van der Waals surface area contributed by atoms with Crippen LogP contribution in [-0.2, 0) is 0 Å². The van der Waals surface area contributed by atoms with Gasteiger partial charge in [-0.3, -0.25) is 0 Å². The van der Waals surface area contributed by atoms with Crippen molar-refractivity contribution in [1.29, 1.82) is 0 Å². The lowest BCUT2D eigenvalue weighted by Gasteiger charge is -2.38. The first-order valence-corrected chi connectivity index (χ1v) is 13.2. The van der Waals surface area contributed by atoms with Gasteiger partial charge in [-0.15, -0.1) is 0 Å². The van der Waals surface area contributed by atoms with Gasteiger partial charge in [0.25, 0.3) is 0 Å². The fraction of sp³-hybridized carbons (Fsp3) is 0.148. The highest BCUT2D eigenvalue weighted by atomic mass is 79.9. The Kier molecular flexibility index (Phi) is 5.66. The second-order valence-electron chi connectivity index (χ2n) is 8.38. The van der Waals surface area contributed by atoms with E-state index in [-0.39, 0.29) is 12.3 Å². The molecule has 34 heavy (non-hydrogen) atoms. The lowest BCUT2D eigenvalue weighted by Crippen LogP contribution is -2.34. The van der Waals surface area contributed by atoms with Crippen LogP contribution in [0.1, 0.15) is 35.4 Å². The first kappa shape index (κ1) is 22.1. The number of hydrogen-bond acceptors (Lipinski definition) is 4. The summed E-state index contributed by atoms with van der Waals surface area (Å²) in [6.07, 6.45) is 0.431. The molecule has 0 fully saturated rings. The average Bonchev–Trinajstić information content (AvgIpc) is 3.29. The third-order valence-electron chi connectivity index (χ3n) is 6.35. The molecule has 4 nitrogen and oxygen atoms in total. The van der Waals surface area contributed by atoms with Gasteiger partial charge in [-0.05, 0) is 84.6 Å². The minimum absolute atomic E-state index is 0.0601. The number of rotatable bonds is 3. The molecule has 2 atom stereocenters. The van der Waals surface area contributed by atoms with Crippen LogP contribution in [0.3, 0.4) is 0 Å². The first-order valence-electron chi connectivity index (χ1n) is 10.9. The summed E-state index contributed by atoms with van der Waals surface area (Å²) in [5.74, 6) is 1.64. The fourth-order valence-corrected chi connectivity index (χ4v) is 6.62. The van der Waals surface area contributed by atoms with Crippen molar-refractivity contribution in [3.63, 3.8) is 0 Å². The minimum Gasteiger partial charge on any atom is -0.496 e. The second-order valence-corrected chi connectivity index (χ2v) is 11.0. The number of ether oxygens (including phenoxy) is 2. The van der Waals surface area contributed by atoms with E-state index in [0.717, 1.165) is 53.7 Å². The van der Waals surface area contributed by atoms with E-state index in [1.807, 2.05) is 24.3 Å². The SMILES string of the molecule is COc1ccc([C@@H]2Oc3c(Br)cc(Br)cc3[C@@H]3CC(c4ccc5ccccc5c4)=NN32)cc1Br. The van der Waals surface area contributed by atoms with Crippen molar-refractivity contribution in [2.45, 2.75) is 18.7 Å². The van der Waals surface area contributed by atoms with Crippen molar-refractivity contribution in [3.05, 3.63) is 103 Å². The van der Waals surface area contributed by atoms with Crippen LogP contribution < -0.4 is 9.47 Å². The van der Waals surface area contributed by atoms with E-state index < -0.39 is 0 Å². The van der Waals surface area contributed by atoms with Crippen molar-refractivity contribution in [1.82, 2.24) is 5.01 Å². The summed E-state index contributed by atoms with van der Waals surface area (Å²) < 4.78 is 14.8. The molecule has 0 spiro atoms. The molecule has 2 aliphatic heterocycles. The summed E-state index contributed by atoms with van der Waals surface area (Å²) >= 11 is 11.0. The van der Waals surface area contributed by atoms with E-state index in [9.17, 15) is 0 Å². The summed E-state index contributed by atoms with van der Waals surface area (Å²) in [6, 6.07) is 25.2. The van der Waals surface area contributed by atoms with E-state index in [1.54, 1.807) is 7.11 Å². The molecule has 0 aromatic heterocycles. The highest BCUT2D eigenvalue weighted by Crippen LogP contribution is 2.51. The van der Waals surface area contributed by atoms with E-state index >= 15 is 0 Å². The van der Waals surface area contributed by atoms with E-state index in [0.29, 0.717) is 0 Å². The Balaban J connectivity index is 1.47. The normalized spacial score (nSPS) is 18.8. The Bertz CT molecular complexity index is 1470. The van der Waals surface area contributed by atoms with Gasteiger partial charge in [0.2, 0.25) is 6.23 Å². The molecule has 7 heteroatoms. The number of hydrazone groups is 1. The van der Waals surface area contributed by atoms with Crippen LogP contribution in [0.4, 0.5) is 0 Å². The lowest BCUT2D eigenvalue weighted by atomic mass is 9.95. The number of nitrogens with zero attached hydrogens (tertiary/aromatic N) is 2. The fourth-order valence-electron chi connectivity index (χ4n) is 4.71. The molecule has 4 aromatic carbocycles. The molecule has 0 unspecified atom stereocenters. The summed E-state index contributed by atoms with van der Waals surface area (Å²) in [4.78, 5) is 0. The minimum atomic E-state index is -0.366. The summed E-state index contributed by atoms with van der Waals surface area (Å²) in [7, 11) is 1.67. The zero-order chi connectivity index (χ0) is 23.4. The predicted molar refractivity (Wildman–Crippen MR) is 146 cm³/mol. The maximum Gasteiger partial charge on any atom is 0.213 e. The van der Waals surface area contributed by atoms with Gasteiger partial charge < -0.3 is 9.47 Å². The van der Waals surface area contributed by atoms with Crippen LogP contribution in [0.25, 0.3) is 10.8 Å². The number of halogens is 3. The number of hydrogen-bond donors (Lipinski definition) is 0. The van der Waals surface area contributed by atoms with Gasteiger partial charge in [-0.1, -0.05) is 52.3 Å². The standard InChI is InChI=1S/C27H19Br3N2O2/c1-33-25-9-8-18(11-21(25)29)27-32-24(20-12-19(28)13-22(30)26(20)34-27)14-23(31-32)17-7-6-15-4-2-3-5-16(15)10-17/h2-13,24,27H,14H2,1H3/t24-,27-/m0/s1. The quantitative estimate of drug-likeness (QED) is 0.225. The van der Waals surface area contributed by atoms with Crippen LogP contribution in [0.15, 0.2) is 91.3 Å². The molecule has 0 amide bonds. The molecular weight excluding hydrogens is 624 g/mol. The molecule has 4 aromatic rings. The van der Waals surface area contributed by atoms with Gasteiger partial charge >= 0.3 is 0 Å². The Labute approximate surface area is 222 Å². The third kappa shape index (κ3) is 3.74. The monoisotopic (exact) mass is 640 g/mol. The first-order chi connectivity index (χ1) is 16.5. The van der Waals surface area contributed by atoms with Crippen molar-refractivity contribution in [3.8, 4) is 11.5 Å². The largest absolute Gasteiger partial charge is 0.496 e. The van der Waals surface area contributed by atoms with Crippen LogP contribution >= 0.6 is 47.8 Å². The Hall–Kier alpha value is -2.35. The summed E-state index contributed by atoms with van der Waals surface area (Å²) in [5.41, 5.74) is 4.31. The molecule has 0 N–H and O–H groups in total. The van der Waals surface area contributed by atoms with Crippen LogP contribution in [0.2, 0.25) is 0 Å². The molecule has 2 heterocycles. The van der Waals surface area contributed by atoms with E-state index in [4.69, 9.17) is 14.6 Å². The van der Waals surface area contributed by atoms with Crippen LogP contribution in [0, 0.1) is 0 Å². The zero-order valence-corrected chi connectivity index (χ0v) is 22.9. The number of benzene rings is 4. The van der Waals surface area contributed by atoms with Gasteiger partial charge in [0.15, 0.2) is 0 Å². The Morgan fingerprint density at radius 1 is 0.912 bits per heavy atom. The van der Waals surface area contributed by atoms with Crippen molar-refractivity contribution < 1.29 is 9.47 Å². The highest BCUT2D eigenvalue weighted by Gasteiger charge is 2.42. The van der Waals surface area contributed by atoms with Crippen molar-refractivity contribution in [2.75, 3.05) is 7.11 Å². The molecule has 2 aliphatic rings. The molecule has 0 aliphatic carbocycles. The lowest BCUT2D eigenvalue weighted by molar-refractivity contribution is -0.0197. The van der Waals surface area contributed by atoms with Gasteiger partial charge in [0.1, 0.15) is 11.5 Å². The summed E-state index contributed by atoms with van der Waals surface area (Å²) in [6.45, 7) is 0. The number of methoxy groups -OCH3 is 1. The topological polar surface area (TPSA) is 34.1 Å². The molecule has 6 rings (SSSR count). The van der Waals surface area contributed by atoms with Gasteiger partial charge in [-0.25, -0.2) is 5.01 Å². The van der Waals surface area contributed by atoms with Gasteiger partial charge in [-0.2, -0.15) is 5.10 Å². The zero-order valence-electron chi connectivity index (χ0n) is 18.1. The Morgan fingerprint density at radius 2 is 1.74 bits per heavy atom. The second kappa shape index (κ2) is 8.70. The molecule has 0 saturated heterocycles. The van der Waals surface area contributed by atoms with E-state index in [1.165, 1.54) is 10.8 Å². The smallest absolute Gasteiger partial charge is 0.213 e. The van der Waals surface area contributed by atoms with Crippen molar-refractivity contribution >= 4 is 64.3 Å². The maximum atomic E-state index is 6.59. The van der Waals surface area contributed by atoms with E-state index in [2.05, 4.69) is 101 Å². The molecule has 0 saturated carbocycles. The van der Waals surface area contributed by atoms with Gasteiger partial charge in [0.05, 0.1) is 27.8 Å². The molecule has 0 radical (unpaired) electrons. The third-order valence-corrected chi connectivity index (χ3v) is 8.02. The summed E-state index contributed by atoms with van der Waals surface area (Å²) in [5, 5.41) is 9.66. The number of fused-ring (bicyclic) bond motifs is 4.